The Hall–Kier alpha value is -1.40. The van der Waals surface area contributed by atoms with E-state index in [0.29, 0.717) is 6.42 Å². The van der Waals surface area contributed by atoms with Gasteiger partial charge in [0.1, 0.15) is 6.04 Å². The second-order valence-corrected chi connectivity index (χ2v) is 5.62. The zero-order valence-corrected chi connectivity index (χ0v) is 13.2. The minimum Gasteiger partial charge on any atom is -0.350 e. The molecule has 1 aliphatic heterocycles. The molecule has 0 bridgehead atoms. The molecule has 1 fully saturated rings. The summed E-state index contributed by atoms with van der Waals surface area (Å²) in [5.41, 5.74) is 2.02. The summed E-state index contributed by atoms with van der Waals surface area (Å²) >= 11 is 3.53. The Bertz CT molecular complexity index is 533. The van der Waals surface area contributed by atoms with E-state index in [1.54, 1.807) is 0 Å². The van der Waals surface area contributed by atoms with E-state index in [1.807, 2.05) is 37.1 Å². The summed E-state index contributed by atoms with van der Waals surface area (Å²) in [5, 5.41) is 5.48. The van der Waals surface area contributed by atoms with Crippen LogP contribution in [0.2, 0.25) is 0 Å². The highest BCUT2D eigenvalue weighted by molar-refractivity contribution is 9.10. The van der Waals surface area contributed by atoms with Crippen LogP contribution in [0.25, 0.3) is 0 Å². The number of anilines is 1. The Labute approximate surface area is 126 Å². The van der Waals surface area contributed by atoms with Gasteiger partial charge in [0.2, 0.25) is 11.8 Å². The summed E-state index contributed by atoms with van der Waals surface area (Å²) in [6.45, 7) is 2.91. The zero-order chi connectivity index (χ0) is 14.7. The molecule has 2 N–H and O–H groups in total. The molecular formula is C14H18BrN3O2. The minimum absolute atomic E-state index is 0.210. The van der Waals surface area contributed by atoms with Gasteiger partial charge in [-0.15, -0.1) is 0 Å². The maximum Gasteiger partial charge on any atom is 0.249 e. The number of hydrogen-bond donors (Lipinski definition) is 2. The predicted octanol–water partition coefficient (Wildman–Crippen LogP) is 1.41. The summed E-state index contributed by atoms with van der Waals surface area (Å²) in [4.78, 5) is 25.3. The van der Waals surface area contributed by atoms with Crippen molar-refractivity contribution in [1.82, 2.24) is 10.6 Å². The van der Waals surface area contributed by atoms with Gasteiger partial charge in [-0.1, -0.05) is 28.9 Å². The second kappa shape index (κ2) is 6.37. The molecule has 1 saturated heterocycles. The Morgan fingerprint density at radius 2 is 2.20 bits per heavy atom. The third-order valence-corrected chi connectivity index (χ3v) is 4.12. The Kier molecular flexibility index (Phi) is 4.77. The van der Waals surface area contributed by atoms with E-state index in [0.717, 1.165) is 22.3 Å². The largest absolute Gasteiger partial charge is 0.350 e. The van der Waals surface area contributed by atoms with Crippen molar-refractivity contribution in [3.05, 3.63) is 28.2 Å². The van der Waals surface area contributed by atoms with E-state index >= 15 is 0 Å². The molecule has 108 valence electrons. The summed E-state index contributed by atoms with van der Waals surface area (Å²) in [6.07, 6.45) is 0.662. The summed E-state index contributed by atoms with van der Waals surface area (Å²) in [7, 11) is 1.89. The number of carbonyl (C=O) groups is 2. The minimum atomic E-state index is -0.297. The van der Waals surface area contributed by atoms with Crippen LogP contribution in [0.3, 0.4) is 0 Å². The normalized spacial score (nSPS) is 19.1. The van der Waals surface area contributed by atoms with Gasteiger partial charge >= 0.3 is 0 Å². The van der Waals surface area contributed by atoms with Gasteiger partial charge in [-0.25, -0.2) is 0 Å². The van der Waals surface area contributed by atoms with Crippen molar-refractivity contribution in [3.63, 3.8) is 0 Å². The molecule has 2 rings (SSSR count). The highest BCUT2D eigenvalue weighted by Crippen LogP contribution is 2.27. The first-order chi connectivity index (χ1) is 9.56. The Morgan fingerprint density at radius 3 is 2.80 bits per heavy atom. The first kappa shape index (κ1) is 15.0. The number of piperazine rings is 1. The van der Waals surface area contributed by atoms with Crippen molar-refractivity contribution in [2.75, 3.05) is 18.5 Å². The number of nitrogens with one attached hydrogen (secondary N) is 2. The van der Waals surface area contributed by atoms with E-state index in [-0.39, 0.29) is 24.4 Å². The molecule has 20 heavy (non-hydrogen) atoms. The smallest absolute Gasteiger partial charge is 0.249 e. The average Bonchev–Trinajstić information content (AvgIpc) is 2.40. The zero-order valence-electron chi connectivity index (χ0n) is 11.6. The van der Waals surface area contributed by atoms with Crippen LogP contribution in [0.15, 0.2) is 22.7 Å². The lowest BCUT2D eigenvalue weighted by atomic mass is 10.1. The van der Waals surface area contributed by atoms with Crippen molar-refractivity contribution < 1.29 is 9.59 Å². The quantitative estimate of drug-likeness (QED) is 0.814. The average molecular weight is 340 g/mol. The molecule has 0 aromatic heterocycles. The molecule has 1 heterocycles. The molecule has 2 amide bonds. The Balaban J connectivity index is 2.31. The van der Waals surface area contributed by atoms with Crippen LogP contribution in [0.5, 0.6) is 0 Å². The van der Waals surface area contributed by atoms with Gasteiger partial charge in [-0.3, -0.25) is 14.9 Å². The van der Waals surface area contributed by atoms with E-state index < -0.39 is 0 Å². The summed E-state index contributed by atoms with van der Waals surface area (Å²) in [5.74, 6) is -0.478. The number of carbonyl (C=O) groups excluding carboxylic acids is 2. The molecule has 1 aromatic carbocycles. The highest BCUT2D eigenvalue weighted by atomic mass is 79.9. The molecular weight excluding hydrogens is 322 g/mol. The second-order valence-electron chi connectivity index (χ2n) is 4.77. The molecule has 0 aliphatic carbocycles. The van der Waals surface area contributed by atoms with E-state index in [9.17, 15) is 9.59 Å². The molecule has 1 aromatic rings. The van der Waals surface area contributed by atoms with Crippen LogP contribution in [0.1, 0.15) is 18.9 Å². The number of nitrogens with zero attached hydrogens (tertiary/aromatic N) is 1. The van der Waals surface area contributed by atoms with Crippen molar-refractivity contribution >= 4 is 33.4 Å². The van der Waals surface area contributed by atoms with Crippen molar-refractivity contribution in [2.45, 2.75) is 25.9 Å². The van der Waals surface area contributed by atoms with Crippen LogP contribution < -0.4 is 15.5 Å². The summed E-state index contributed by atoms with van der Waals surface area (Å²) < 4.78 is 0.970. The standard InChI is InChI=1S/C14H18BrN3O2/c1-3-12-14(20)17-13(19)8-18(12)10-5-4-9(7-16-2)11(15)6-10/h4-6,12,16H,3,7-8H2,1-2H3,(H,17,19,20). The first-order valence-corrected chi connectivity index (χ1v) is 7.39. The van der Waals surface area contributed by atoms with Crippen LogP contribution >= 0.6 is 15.9 Å². The molecule has 1 aliphatic rings. The van der Waals surface area contributed by atoms with Gasteiger partial charge in [0.05, 0.1) is 6.54 Å². The molecule has 1 unspecified atom stereocenters. The highest BCUT2D eigenvalue weighted by Gasteiger charge is 2.32. The fourth-order valence-electron chi connectivity index (χ4n) is 2.39. The SMILES string of the molecule is CCC1C(=O)NC(=O)CN1c1ccc(CNC)c(Br)c1. The van der Waals surface area contributed by atoms with Gasteiger partial charge in [0.15, 0.2) is 0 Å². The third-order valence-electron chi connectivity index (χ3n) is 3.38. The lowest BCUT2D eigenvalue weighted by Gasteiger charge is -2.35. The summed E-state index contributed by atoms with van der Waals surface area (Å²) in [6, 6.07) is 5.61. The molecule has 5 nitrogen and oxygen atoms in total. The monoisotopic (exact) mass is 339 g/mol. The molecule has 1 atom stereocenters. The number of halogens is 1. The number of hydrogen-bond acceptors (Lipinski definition) is 4. The van der Waals surface area contributed by atoms with Crippen molar-refractivity contribution in [2.24, 2.45) is 0 Å². The Morgan fingerprint density at radius 1 is 1.45 bits per heavy atom. The molecule has 0 radical (unpaired) electrons. The van der Waals surface area contributed by atoms with Gasteiger partial charge in [-0.2, -0.15) is 0 Å². The number of amides is 2. The van der Waals surface area contributed by atoms with Crippen LogP contribution in [0, 0.1) is 0 Å². The van der Waals surface area contributed by atoms with E-state index in [1.165, 1.54) is 0 Å². The van der Waals surface area contributed by atoms with Gasteiger partial charge < -0.3 is 10.2 Å². The number of imide groups is 1. The van der Waals surface area contributed by atoms with E-state index in [4.69, 9.17) is 0 Å². The maximum absolute atomic E-state index is 11.9. The van der Waals surface area contributed by atoms with Crippen LogP contribution in [-0.4, -0.2) is 31.4 Å². The number of rotatable bonds is 4. The maximum atomic E-state index is 11.9. The van der Waals surface area contributed by atoms with Crippen LogP contribution in [-0.2, 0) is 16.1 Å². The first-order valence-electron chi connectivity index (χ1n) is 6.60. The van der Waals surface area contributed by atoms with Gasteiger partial charge in [0.25, 0.3) is 0 Å². The fourth-order valence-corrected chi connectivity index (χ4v) is 2.90. The van der Waals surface area contributed by atoms with Crippen LogP contribution in [0.4, 0.5) is 5.69 Å². The molecule has 6 heteroatoms. The fraction of sp³-hybridized carbons (Fsp3) is 0.429. The molecule has 0 saturated carbocycles. The molecule has 0 spiro atoms. The number of benzene rings is 1. The van der Waals surface area contributed by atoms with Gasteiger partial charge in [-0.05, 0) is 31.2 Å². The van der Waals surface area contributed by atoms with Crippen molar-refractivity contribution in [1.29, 1.82) is 0 Å². The topological polar surface area (TPSA) is 61.4 Å². The predicted molar refractivity (Wildman–Crippen MR) is 81.5 cm³/mol. The van der Waals surface area contributed by atoms with Crippen molar-refractivity contribution in [3.8, 4) is 0 Å². The third kappa shape index (κ3) is 3.02. The lowest BCUT2D eigenvalue weighted by Crippen LogP contribution is -2.58. The lowest BCUT2D eigenvalue weighted by molar-refractivity contribution is -0.132. The van der Waals surface area contributed by atoms with E-state index in [2.05, 4.69) is 26.6 Å². The van der Waals surface area contributed by atoms with Gasteiger partial charge in [0, 0.05) is 16.7 Å².